The van der Waals surface area contributed by atoms with Gasteiger partial charge in [-0.05, 0) is 6.42 Å². The zero-order valence-electron chi connectivity index (χ0n) is 8.50. The maximum Gasteiger partial charge on any atom is 0.314 e. The molecular weight excluding hydrogens is 212 g/mol. The lowest BCUT2D eigenvalue weighted by atomic mass is 9.70. The van der Waals surface area contributed by atoms with Crippen LogP contribution in [0, 0.1) is 11.3 Å². The number of rotatable bonds is 4. The smallest absolute Gasteiger partial charge is 0.314 e. The number of carboxylic acid groups (broad SMARTS) is 2. The zero-order valence-corrected chi connectivity index (χ0v) is 8.50. The lowest BCUT2D eigenvalue weighted by molar-refractivity contribution is -0.157. The van der Waals surface area contributed by atoms with Crippen LogP contribution in [0.1, 0.15) is 6.42 Å². The average Bonchev–Trinajstić information content (AvgIpc) is 3.01. The van der Waals surface area contributed by atoms with Gasteiger partial charge in [0.2, 0.25) is 0 Å². The van der Waals surface area contributed by atoms with Crippen molar-refractivity contribution in [1.29, 1.82) is 0 Å². The van der Waals surface area contributed by atoms with E-state index in [4.69, 9.17) is 9.84 Å². The van der Waals surface area contributed by atoms with Crippen LogP contribution in [0.25, 0.3) is 0 Å². The molecule has 0 amide bonds. The topological polar surface area (TPSA) is 87.1 Å². The summed E-state index contributed by atoms with van der Waals surface area (Å²) in [4.78, 5) is 22.4. The maximum absolute atomic E-state index is 11.4. The Morgan fingerprint density at radius 1 is 1.38 bits per heavy atom. The number of carbonyl (C=O) groups is 2. The highest BCUT2D eigenvalue weighted by molar-refractivity contribution is 5.87. The lowest BCUT2D eigenvalue weighted by Gasteiger charge is -2.31. The summed E-state index contributed by atoms with van der Waals surface area (Å²) in [7, 11) is 0. The Bertz CT molecular complexity index is 380. The molecule has 1 aliphatic heterocycles. The molecule has 86 valence electrons. The molecule has 2 N–H and O–H groups in total. The number of ether oxygens (including phenoxy) is 1. The molecule has 0 radical (unpaired) electrons. The van der Waals surface area contributed by atoms with Crippen LogP contribution >= 0.6 is 0 Å². The Morgan fingerprint density at radius 2 is 2.06 bits per heavy atom. The molecule has 0 aromatic rings. The van der Waals surface area contributed by atoms with E-state index in [9.17, 15) is 14.7 Å². The van der Waals surface area contributed by atoms with E-state index in [0.717, 1.165) is 0 Å². The number of epoxide rings is 1. The van der Waals surface area contributed by atoms with E-state index >= 15 is 0 Å². The van der Waals surface area contributed by atoms with Crippen molar-refractivity contribution in [3.05, 3.63) is 24.3 Å². The van der Waals surface area contributed by atoms with Crippen molar-refractivity contribution >= 4 is 11.9 Å². The van der Waals surface area contributed by atoms with Gasteiger partial charge in [0, 0.05) is 0 Å². The van der Waals surface area contributed by atoms with Gasteiger partial charge in [-0.2, -0.15) is 0 Å². The van der Waals surface area contributed by atoms with Gasteiger partial charge in [0.1, 0.15) is 5.41 Å². The normalized spacial score (nSPS) is 36.0. The summed E-state index contributed by atoms with van der Waals surface area (Å²) >= 11 is 0. The maximum atomic E-state index is 11.4. The van der Waals surface area contributed by atoms with Crippen molar-refractivity contribution in [3.63, 3.8) is 0 Å². The molecule has 2 rings (SSSR count). The van der Waals surface area contributed by atoms with Gasteiger partial charge in [0.25, 0.3) is 0 Å². The molecule has 16 heavy (non-hydrogen) atoms. The van der Waals surface area contributed by atoms with Crippen molar-refractivity contribution in [2.75, 3.05) is 6.61 Å². The summed E-state index contributed by atoms with van der Waals surface area (Å²) in [6.45, 7) is 0.513. The van der Waals surface area contributed by atoms with Crippen molar-refractivity contribution in [1.82, 2.24) is 0 Å². The first-order valence-corrected chi connectivity index (χ1v) is 5.00. The van der Waals surface area contributed by atoms with E-state index in [-0.39, 0.29) is 12.5 Å². The highest BCUT2D eigenvalue weighted by atomic mass is 16.6. The quantitative estimate of drug-likeness (QED) is 0.685. The van der Waals surface area contributed by atoms with Crippen LogP contribution in [-0.2, 0) is 14.3 Å². The zero-order chi connectivity index (χ0) is 11.8. The van der Waals surface area contributed by atoms with Gasteiger partial charge in [0.05, 0.1) is 18.6 Å². The van der Waals surface area contributed by atoms with Gasteiger partial charge < -0.3 is 14.9 Å². The Balaban J connectivity index is 2.33. The number of hydrogen-bond donors (Lipinski definition) is 2. The van der Waals surface area contributed by atoms with Gasteiger partial charge in [-0.3, -0.25) is 9.59 Å². The van der Waals surface area contributed by atoms with Crippen LogP contribution in [-0.4, -0.2) is 34.9 Å². The highest BCUT2D eigenvalue weighted by Crippen LogP contribution is 2.41. The Hall–Kier alpha value is -1.62. The minimum Gasteiger partial charge on any atom is -0.481 e. The van der Waals surface area contributed by atoms with Gasteiger partial charge in [-0.25, -0.2) is 0 Å². The monoisotopic (exact) mass is 224 g/mol. The SMILES string of the molecule is O=C(O)C1C=CC=CC1(CC1CO1)C(=O)O. The molecule has 0 spiro atoms. The minimum atomic E-state index is -1.37. The summed E-state index contributed by atoms with van der Waals surface area (Å²) in [5.41, 5.74) is -1.37. The summed E-state index contributed by atoms with van der Waals surface area (Å²) < 4.78 is 5.00. The second-order valence-electron chi connectivity index (χ2n) is 4.06. The van der Waals surface area contributed by atoms with Crippen molar-refractivity contribution in [2.45, 2.75) is 12.5 Å². The number of aliphatic carboxylic acids is 2. The molecule has 2 aliphatic rings. The van der Waals surface area contributed by atoms with E-state index in [1.165, 1.54) is 12.2 Å². The first-order chi connectivity index (χ1) is 7.56. The molecule has 3 unspecified atom stereocenters. The molecule has 3 atom stereocenters. The Morgan fingerprint density at radius 3 is 2.56 bits per heavy atom. The predicted octanol–water partition coefficient (Wildman–Crippen LogP) is 0.673. The molecule has 1 heterocycles. The summed E-state index contributed by atoms with van der Waals surface area (Å²) in [6, 6.07) is 0. The van der Waals surface area contributed by atoms with Crippen LogP contribution in [0.4, 0.5) is 0 Å². The molecule has 0 aromatic carbocycles. The highest BCUT2D eigenvalue weighted by Gasteiger charge is 2.50. The Labute approximate surface area is 92.0 Å². The fourth-order valence-corrected chi connectivity index (χ4v) is 2.03. The Kier molecular flexibility index (Phi) is 2.55. The van der Waals surface area contributed by atoms with Crippen LogP contribution in [0.15, 0.2) is 24.3 Å². The van der Waals surface area contributed by atoms with Gasteiger partial charge in [-0.15, -0.1) is 0 Å². The van der Waals surface area contributed by atoms with E-state index in [1.54, 1.807) is 12.2 Å². The number of carboxylic acids is 2. The fourth-order valence-electron chi connectivity index (χ4n) is 2.03. The number of hydrogen-bond acceptors (Lipinski definition) is 3. The fraction of sp³-hybridized carbons (Fsp3) is 0.455. The van der Waals surface area contributed by atoms with Crippen molar-refractivity contribution in [2.24, 2.45) is 11.3 Å². The second kappa shape index (κ2) is 3.75. The van der Waals surface area contributed by atoms with Gasteiger partial charge in [0.15, 0.2) is 0 Å². The molecule has 1 saturated heterocycles. The van der Waals surface area contributed by atoms with E-state index in [2.05, 4.69) is 0 Å². The summed E-state index contributed by atoms with van der Waals surface area (Å²) in [5.74, 6) is -3.26. The second-order valence-corrected chi connectivity index (χ2v) is 4.06. The van der Waals surface area contributed by atoms with Crippen molar-refractivity contribution in [3.8, 4) is 0 Å². The molecule has 5 heteroatoms. The molecule has 1 fully saturated rings. The standard InChI is InChI=1S/C11H12O5/c12-9(13)8-3-1-2-4-11(8,10(14)15)5-7-6-16-7/h1-4,7-8H,5-6H2,(H,12,13)(H,14,15). The van der Waals surface area contributed by atoms with E-state index < -0.39 is 23.3 Å². The predicted molar refractivity (Wildman–Crippen MR) is 53.8 cm³/mol. The van der Waals surface area contributed by atoms with Crippen LogP contribution in [0.5, 0.6) is 0 Å². The molecule has 0 saturated carbocycles. The molecular formula is C11H12O5. The summed E-state index contributed by atoms with van der Waals surface area (Å²) in [5, 5.41) is 18.3. The van der Waals surface area contributed by atoms with Gasteiger partial charge in [-0.1, -0.05) is 24.3 Å². The average molecular weight is 224 g/mol. The van der Waals surface area contributed by atoms with Crippen LogP contribution in [0.2, 0.25) is 0 Å². The van der Waals surface area contributed by atoms with Crippen molar-refractivity contribution < 1.29 is 24.5 Å². The molecule has 1 aliphatic carbocycles. The van der Waals surface area contributed by atoms with E-state index in [0.29, 0.717) is 6.61 Å². The lowest BCUT2D eigenvalue weighted by Crippen LogP contribution is -2.42. The third-order valence-electron chi connectivity index (χ3n) is 3.00. The first kappa shape index (κ1) is 10.9. The first-order valence-electron chi connectivity index (χ1n) is 5.00. The molecule has 0 bridgehead atoms. The molecule has 5 nitrogen and oxygen atoms in total. The van der Waals surface area contributed by atoms with Gasteiger partial charge >= 0.3 is 11.9 Å². The van der Waals surface area contributed by atoms with Crippen LogP contribution in [0.3, 0.4) is 0 Å². The minimum absolute atomic E-state index is 0.130. The number of allylic oxidation sites excluding steroid dienone is 2. The van der Waals surface area contributed by atoms with Crippen LogP contribution < -0.4 is 0 Å². The largest absolute Gasteiger partial charge is 0.481 e. The molecule has 0 aromatic heterocycles. The summed E-state index contributed by atoms with van der Waals surface area (Å²) in [6.07, 6.45) is 6.09. The third-order valence-corrected chi connectivity index (χ3v) is 3.00. The van der Waals surface area contributed by atoms with E-state index in [1.807, 2.05) is 0 Å². The third kappa shape index (κ3) is 1.74.